The number of thiol groups is 1. The summed E-state index contributed by atoms with van der Waals surface area (Å²) in [5.74, 6) is 0.703. The van der Waals surface area contributed by atoms with E-state index < -0.39 is 14.4 Å². The summed E-state index contributed by atoms with van der Waals surface area (Å²) in [5.41, 5.74) is 0. The molecule has 0 spiro atoms. The van der Waals surface area contributed by atoms with Crippen LogP contribution in [-0.4, -0.2) is 19.6 Å². The number of rotatable bonds is 7. The van der Waals surface area contributed by atoms with Crippen molar-refractivity contribution in [2.45, 2.75) is 42.6 Å². The van der Waals surface area contributed by atoms with Gasteiger partial charge in [-0.1, -0.05) is 20.3 Å². The van der Waals surface area contributed by atoms with Gasteiger partial charge in [0.05, 0.1) is 11.5 Å². The van der Waals surface area contributed by atoms with Crippen LogP contribution in [0.5, 0.6) is 5.75 Å². The Morgan fingerprint density at radius 2 is 1.83 bits per heavy atom. The topological polar surface area (TPSA) is 43.4 Å². The number of unbranched alkanes of at least 4 members (excludes halogenated alkanes) is 1. The summed E-state index contributed by atoms with van der Waals surface area (Å²) in [6.07, 6.45) is 2.55. The van der Waals surface area contributed by atoms with Gasteiger partial charge in [-0.05, 0) is 37.1 Å². The summed E-state index contributed by atoms with van der Waals surface area (Å²) in [7, 11) is -3.32. The van der Waals surface area contributed by atoms with Gasteiger partial charge >= 0.3 is 0 Å². The highest BCUT2D eigenvalue weighted by Crippen LogP contribution is 2.23. The van der Waals surface area contributed by atoms with Crippen molar-refractivity contribution in [2.24, 2.45) is 0 Å². The van der Waals surface area contributed by atoms with Gasteiger partial charge in [-0.3, -0.25) is 0 Å². The number of sulfone groups is 1. The maximum atomic E-state index is 12.0. The summed E-state index contributed by atoms with van der Waals surface area (Å²) in [4.78, 5) is 0.298. The average molecular weight is 288 g/mol. The van der Waals surface area contributed by atoms with Crippen molar-refractivity contribution < 1.29 is 13.2 Å². The minimum Gasteiger partial charge on any atom is -0.494 e. The molecule has 0 saturated carbocycles. The summed E-state index contributed by atoms with van der Waals surface area (Å²) < 4.78 is 28.9. The minimum absolute atomic E-state index is 0.298. The molecule has 0 aliphatic carbocycles. The molecule has 0 radical (unpaired) electrons. The van der Waals surface area contributed by atoms with Gasteiger partial charge in [0, 0.05) is 0 Å². The fraction of sp³-hybridized carbons (Fsp3) is 0.538. The first kappa shape index (κ1) is 15.4. The molecule has 1 aromatic carbocycles. The normalized spacial score (nSPS) is 13.3. The lowest BCUT2D eigenvalue weighted by molar-refractivity contribution is 0.309. The van der Waals surface area contributed by atoms with Crippen LogP contribution in [0.1, 0.15) is 33.1 Å². The Kier molecular flexibility index (Phi) is 6.02. The quantitative estimate of drug-likeness (QED) is 0.618. The van der Waals surface area contributed by atoms with Crippen LogP contribution in [0.3, 0.4) is 0 Å². The molecule has 0 aromatic heterocycles. The van der Waals surface area contributed by atoms with E-state index in [1.165, 1.54) is 0 Å². The highest BCUT2D eigenvalue weighted by atomic mass is 32.2. The van der Waals surface area contributed by atoms with Crippen LogP contribution in [0, 0.1) is 0 Å². The Morgan fingerprint density at radius 1 is 1.22 bits per heavy atom. The van der Waals surface area contributed by atoms with E-state index >= 15 is 0 Å². The van der Waals surface area contributed by atoms with Crippen molar-refractivity contribution >= 4 is 22.5 Å². The molecule has 3 nitrogen and oxygen atoms in total. The largest absolute Gasteiger partial charge is 0.494 e. The number of hydrogen-bond donors (Lipinski definition) is 1. The Hall–Kier alpha value is -0.680. The Morgan fingerprint density at radius 3 is 2.33 bits per heavy atom. The molecule has 0 heterocycles. The second kappa shape index (κ2) is 7.04. The van der Waals surface area contributed by atoms with E-state index in [4.69, 9.17) is 4.74 Å². The molecule has 0 aliphatic rings. The zero-order valence-corrected chi connectivity index (χ0v) is 12.5. The molecule has 102 valence electrons. The second-order valence-corrected chi connectivity index (χ2v) is 7.18. The Balaban J connectivity index is 2.77. The molecule has 0 aliphatic heterocycles. The van der Waals surface area contributed by atoms with E-state index in [0.29, 0.717) is 23.7 Å². The van der Waals surface area contributed by atoms with Crippen LogP contribution >= 0.6 is 12.6 Å². The van der Waals surface area contributed by atoms with E-state index in [1.54, 1.807) is 31.2 Å². The van der Waals surface area contributed by atoms with Crippen molar-refractivity contribution in [3.8, 4) is 5.75 Å². The van der Waals surface area contributed by atoms with Crippen LogP contribution in [0.15, 0.2) is 29.2 Å². The van der Waals surface area contributed by atoms with Gasteiger partial charge < -0.3 is 4.74 Å². The lowest BCUT2D eigenvalue weighted by atomic mass is 10.3. The predicted molar refractivity (Wildman–Crippen MR) is 77.1 cm³/mol. The fourth-order valence-corrected chi connectivity index (χ4v) is 3.07. The van der Waals surface area contributed by atoms with Crippen molar-refractivity contribution in [2.75, 3.05) is 6.61 Å². The van der Waals surface area contributed by atoms with Gasteiger partial charge in [-0.25, -0.2) is 8.42 Å². The van der Waals surface area contributed by atoms with Gasteiger partial charge in [0.15, 0.2) is 9.84 Å². The first-order valence-corrected chi connectivity index (χ1v) is 8.23. The monoisotopic (exact) mass is 288 g/mol. The third kappa shape index (κ3) is 3.92. The number of ether oxygens (including phenoxy) is 1. The van der Waals surface area contributed by atoms with E-state index in [1.807, 2.05) is 0 Å². The summed E-state index contributed by atoms with van der Waals surface area (Å²) in [6.45, 7) is 4.56. The van der Waals surface area contributed by atoms with E-state index in [-0.39, 0.29) is 0 Å². The molecular weight excluding hydrogens is 268 g/mol. The summed E-state index contributed by atoms with van der Waals surface area (Å²) >= 11 is 4.10. The third-order valence-electron chi connectivity index (χ3n) is 2.63. The SMILES string of the molecule is CCCCOc1ccc(S(=O)(=O)C(S)CC)cc1. The fourth-order valence-electron chi connectivity index (χ4n) is 1.44. The third-order valence-corrected chi connectivity index (χ3v) is 5.80. The average Bonchev–Trinajstić information content (AvgIpc) is 2.38. The molecule has 0 bridgehead atoms. The van der Waals surface area contributed by atoms with Crippen molar-refractivity contribution in [1.29, 1.82) is 0 Å². The summed E-state index contributed by atoms with van der Waals surface area (Å²) in [6, 6.07) is 6.54. The smallest absolute Gasteiger partial charge is 0.190 e. The van der Waals surface area contributed by atoms with Gasteiger partial charge in [0.2, 0.25) is 0 Å². The molecule has 1 unspecified atom stereocenters. The van der Waals surface area contributed by atoms with Gasteiger partial charge in [-0.2, -0.15) is 12.6 Å². The van der Waals surface area contributed by atoms with E-state index in [2.05, 4.69) is 19.6 Å². The van der Waals surface area contributed by atoms with Crippen LogP contribution in [0.4, 0.5) is 0 Å². The zero-order valence-electron chi connectivity index (χ0n) is 10.8. The molecule has 0 fully saturated rings. The Bertz CT molecular complexity index is 452. The minimum atomic E-state index is -3.32. The van der Waals surface area contributed by atoms with E-state index in [9.17, 15) is 8.42 Å². The highest BCUT2D eigenvalue weighted by molar-refractivity contribution is 8.04. The van der Waals surface area contributed by atoms with E-state index in [0.717, 1.165) is 12.8 Å². The van der Waals surface area contributed by atoms with Gasteiger partial charge in [-0.15, -0.1) is 0 Å². The lowest BCUT2D eigenvalue weighted by Gasteiger charge is -2.11. The molecule has 18 heavy (non-hydrogen) atoms. The second-order valence-electron chi connectivity index (χ2n) is 4.08. The maximum Gasteiger partial charge on any atom is 0.190 e. The summed E-state index contributed by atoms with van der Waals surface area (Å²) in [5, 5.41) is 0. The van der Waals surface area contributed by atoms with Gasteiger partial charge in [0.25, 0.3) is 0 Å². The molecule has 5 heteroatoms. The molecule has 0 N–H and O–H groups in total. The lowest BCUT2D eigenvalue weighted by Crippen LogP contribution is -2.14. The van der Waals surface area contributed by atoms with Crippen molar-refractivity contribution in [1.82, 2.24) is 0 Å². The maximum absolute atomic E-state index is 12.0. The first-order valence-electron chi connectivity index (χ1n) is 6.17. The number of benzene rings is 1. The van der Waals surface area contributed by atoms with Crippen LogP contribution in [0.25, 0.3) is 0 Å². The molecule has 0 saturated heterocycles. The number of hydrogen-bond acceptors (Lipinski definition) is 4. The molecule has 1 rings (SSSR count). The van der Waals surface area contributed by atoms with Gasteiger partial charge in [0.1, 0.15) is 10.3 Å². The van der Waals surface area contributed by atoms with Crippen LogP contribution in [0.2, 0.25) is 0 Å². The van der Waals surface area contributed by atoms with Crippen molar-refractivity contribution in [3.63, 3.8) is 0 Å². The first-order chi connectivity index (χ1) is 8.52. The molecule has 0 amide bonds. The molecule has 1 atom stereocenters. The standard InChI is InChI=1S/C13H20O3S2/c1-3-5-10-16-11-6-8-12(9-7-11)18(14,15)13(17)4-2/h6-9,13,17H,3-5,10H2,1-2H3. The highest BCUT2D eigenvalue weighted by Gasteiger charge is 2.22. The Labute approximate surface area is 115 Å². The van der Waals surface area contributed by atoms with Crippen LogP contribution < -0.4 is 4.74 Å². The molecule has 1 aromatic rings. The van der Waals surface area contributed by atoms with Crippen molar-refractivity contribution in [3.05, 3.63) is 24.3 Å². The zero-order chi connectivity index (χ0) is 13.6. The predicted octanol–water partition coefficient (Wildman–Crippen LogP) is 3.31. The molecular formula is C13H20O3S2. The van der Waals surface area contributed by atoms with Crippen LogP contribution in [-0.2, 0) is 9.84 Å².